The molecule has 1 aromatic heterocycles. The molecule has 0 spiro atoms. The van der Waals surface area contributed by atoms with Crippen LogP contribution in [0, 0.1) is 0 Å². The predicted molar refractivity (Wildman–Crippen MR) is 111 cm³/mol. The number of carbonyl (C=O) groups is 1. The van der Waals surface area contributed by atoms with Gasteiger partial charge in [-0.05, 0) is 25.5 Å². The molecule has 0 amide bonds. The monoisotopic (exact) mass is 402 g/mol. The average molecular weight is 403 g/mol. The number of thiocarbonyl (C=S) groups is 1. The van der Waals surface area contributed by atoms with Crippen molar-refractivity contribution in [3.63, 3.8) is 0 Å². The Bertz CT molecular complexity index is 782. The van der Waals surface area contributed by atoms with E-state index in [4.69, 9.17) is 21.7 Å². The third-order valence-electron chi connectivity index (χ3n) is 4.51. The molecule has 150 valence electrons. The third kappa shape index (κ3) is 5.56. The molecule has 0 radical (unpaired) electrons. The SMILES string of the molecule is CCOC(=O)C1=C(C)NC(=S)C(=C=[N-])C1c1cccnc1.C[NH+]1CCOCC1. The second-order valence-corrected chi connectivity index (χ2v) is 6.94. The number of hydrogen-bond donors (Lipinski definition) is 2. The van der Waals surface area contributed by atoms with Crippen LogP contribution in [0.1, 0.15) is 25.3 Å². The molecular formula is C20H26N4O3S. The summed E-state index contributed by atoms with van der Waals surface area (Å²) in [6.07, 6.45) is 3.26. The van der Waals surface area contributed by atoms with Gasteiger partial charge in [0, 0.05) is 23.7 Å². The first kappa shape index (κ1) is 21.9. The lowest BCUT2D eigenvalue weighted by Crippen LogP contribution is -3.11. The van der Waals surface area contributed by atoms with E-state index in [2.05, 4.69) is 23.2 Å². The highest BCUT2D eigenvalue weighted by molar-refractivity contribution is 7.80. The number of carbonyl (C=O) groups excluding carboxylic acids is 1. The van der Waals surface area contributed by atoms with Crippen LogP contribution in [-0.2, 0) is 14.3 Å². The van der Waals surface area contributed by atoms with Crippen LogP contribution in [-0.4, -0.2) is 61.8 Å². The molecule has 7 nitrogen and oxygen atoms in total. The van der Waals surface area contributed by atoms with Gasteiger partial charge in [-0.3, -0.25) is 10.9 Å². The molecule has 1 fully saturated rings. The Morgan fingerprint density at radius 2 is 2.21 bits per heavy atom. The summed E-state index contributed by atoms with van der Waals surface area (Å²) >= 11 is 5.21. The van der Waals surface area contributed by atoms with E-state index in [-0.39, 0.29) is 6.61 Å². The van der Waals surface area contributed by atoms with Crippen LogP contribution in [0.2, 0.25) is 0 Å². The molecule has 1 saturated heterocycles. The summed E-state index contributed by atoms with van der Waals surface area (Å²) in [5, 5.41) is 12.3. The van der Waals surface area contributed by atoms with Crippen molar-refractivity contribution >= 4 is 29.0 Å². The van der Waals surface area contributed by atoms with E-state index in [1.54, 1.807) is 37.2 Å². The second-order valence-electron chi connectivity index (χ2n) is 6.53. The Hall–Kier alpha value is -2.38. The number of likely N-dealkylation sites (N-methyl/N-ethyl adjacent to an activating group) is 1. The van der Waals surface area contributed by atoms with Crippen molar-refractivity contribution in [3.8, 4) is 0 Å². The molecule has 1 atom stereocenters. The molecule has 2 aliphatic heterocycles. The molecule has 1 unspecified atom stereocenters. The van der Waals surface area contributed by atoms with Crippen molar-refractivity contribution < 1.29 is 19.2 Å². The Morgan fingerprint density at radius 3 is 2.71 bits per heavy atom. The highest BCUT2D eigenvalue weighted by Gasteiger charge is 2.34. The molecule has 2 aliphatic rings. The van der Waals surface area contributed by atoms with Gasteiger partial charge in [-0.2, -0.15) is 0 Å². The molecule has 28 heavy (non-hydrogen) atoms. The van der Waals surface area contributed by atoms with E-state index in [9.17, 15) is 10.2 Å². The number of aromatic nitrogens is 1. The van der Waals surface area contributed by atoms with Crippen molar-refractivity contribution in [1.82, 2.24) is 10.3 Å². The van der Waals surface area contributed by atoms with Crippen LogP contribution in [0.25, 0.3) is 5.41 Å². The highest BCUT2D eigenvalue weighted by Crippen LogP contribution is 2.36. The van der Waals surface area contributed by atoms with Gasteiger partial charge in [0.15, 0.2) is 0 Å². The zero-order chi connectivity index (χ0) is 20.5. The number of nitrogens with zero attached hydrogens (tertiary/aromatic N) is 2. The van der Waals surface area contributed by atoms with Gasteiger partial charge >= 0.3 is 5.97 Å². The standard InChI is InChI=1S/C15H14N3O2S.C5H11NO/c1-3-20-15(19)12-9(2)18-14(21)11(7-16)13(12)10-5-4-6-17-8-10;1-6-2-4-7-5-3-6/h4-6,8,13H,3H2,1-2H3,(H,18,21);2-5H2,1H3/q-1;/p+1. The molecule has 1 aromatic rings. The maximum Gasteiger partial charge on any atom is 0.336 e. The maximum absolute atomic E-state index is 12.3. The van der Waals surface area contributed by atoms with Crippen LogP contribution in [0.4, 0.5) is 0 Å². The highest BCUT2D eigenvalue weighted by atomic mass is 32.1. The second kappa shape index (κ2) is 10.8. The number of ether oxygens (including phenoxy) is 2. The average Bonchev–Trinajstić information content (AvgIpc) is 2.69. The Balaban J connectivity index is 0.000000336. The van der Waals surface area contributed by atoms with E-state index in [0.717, 1.165) is 18.8 Å². The van der Waals surface area contributed by atoms with Crippen molar-refractivity contribution in [2.75, 3.05) is 40.0 Å². The summed E-state index contributed by atoms with van der Waals surface area (Å²) in [6.45, 7) is 8.01. The van der Waals surface area contributed by atoms with E-state index in [1.807, 2.05) is 6.07 Å². The summed E-state index contributed by atoms with van der Waals surface area (Å²) in [4.78, 5) is 18.2. The summed E-state index contributed by atoms with van der Waals surface area (Å²) in [7, 11) is 2.20. The Kier molecular flexibility index (Phi) is 8.47. The van der Waals surface area contributed by atoms with Crippen LogP contribution in [0.3, 0.4) is 0 Å². The molecule has 0 saturated carbocycles. The molecule has 0 aromatic carbocycles. The number of morpholine rings is 1. The van der Waals surface area contributed by atoms with E-state index in [1.165, 1.54) is 13.1 Å². The first-order chi connectivity index (χ1) is 13.5. The van der Waals surface area contributed by atoms with Crippen molar-refractivity contribution in [2.24, 2.45) is 0 Å². The smallest absolute Gasteiger partial charge is 0.336 e. The normalized spacial score (nSPS) is 19.9. The molecule has 8 heteroatoms. The lowest BCUT2D eigenvalue weighted by Gasteiger charge is -2.30. The first-order valence-electron chi connectivity index (χ1n) is 9.24. The van der Waals surface area contributed by atoms with Gasteiger partial charge in [-0.25, -0.2) is 4.79 Å². The summed E-state index contributed by atoms with van der Waals surface area (Å²) < 4.78 is 10.2. The molecule has 3 rings (SSSR count). The summed E-state index contributed by atoms with van der Waals surface area (Å²) in [5.41, 5.74) is 2.06. The van der Waals surface area contributed by atoms with Gasteiger partial charge in [-0.15, -0.1) is 0 Å². The predicted octanol–water partition coefficient (Wildman–Crippen LogP) is 0.630. The fourth-order valence-corrected chi connectivity index (χ4v) is 3.31. The van der Waals surface area contributed by atoms with Crippen molar-refractivity contribution in [2.45, 2.75) is 19.8 Å². The minimum Gasteiger partial charge on any atom is -0.763 e. The van der Waals surface area contributed by atoms with Crippen LogP contribution >= 0.6 is 12.2 Å². The summed E-state index contributed by atoms with van der Waals surface area (Å²) in [6, 6.07) is 3.57. The number of quaternary nitrogens is 1. The van der Waals surface area contributed by atoms with E-state index < -0.39 is 11.9 Å². The maximum atomic E-state index is 12.3. The van der Waals surface area contributed by atoms with Crippen LogP contribution in [0.5, 0.6) is 0 Å². The fraction of sp³-hybridized carbons (Fsp3) is 0.450. The number of hydrogen-bond acceptors (Lipinski definition) is 5. The number of pyridine rings is 1. The minimum atomic E-state index is -0.545. The van der Waals surface area contributed by atoms with E-state index in [0.29, 0.717) is 21.8 Å². The van der Waals surface area contributed by atoms with Gasteiger partial charge in [0.25, 0.3) is 0 Å². The van der Waals surface area contributed by atoms with Gasteiger partial charge < -0.3 is 25.1 Å². The van der Waals surface area contributed by atoms with Crippen LogP contribution in [0.15, 0.2) is 41.4 Å². The molecule has 3 heterocycles. The van der Waals surface area contributed by atoms with E-state index >= 15 is 0 Å². The quantitative estimate of drug-likeness (QED) is 0.334. The first-order valence-corrected chi connectivity index (χ1v) is 9.65. The summed E-state index contributed by atoms with van der Waals surface area (Å²) in [5.74, 6) is 1.10. The fourth-order valence-electron chi connectivity index (χ4n) is 2.99. The topological polar surface area (TPSA) is 87.2 Å². The number of rotatable bonds is 3. The molecule has 0 aliphatic carbocycles. The molecular weight excluding hydrogens is 376 g/mol. The third-order valence-corrected chi connectivity index (χ3v) is 4.83. The Labute approximate surface area is 170 Å². The zero-order valence-corrected chi connectivity index (χ0v) is 17.3. The largest absolute Gasteiger partial charge is 0.763 e. The minimum absolute atomic E-state index is 0.266. The molecule has 0 bridgehead atoms. The number of esters is 1. The van der Waals surface area contributed by atoms with Gasteiger partial charge in [0.1, 0.15) is 18.1 Å². The van der Waals surface area contributed by atoms with Crippen LogP contribution < -0.4 is 10.2 Å². The van der Waals surface area contributed by atoms with Crippen molar-refractivity contribution in [3.05, 3.63) is 52.3 Å². The van der Waals surface area contributed by atoms with Gasteiger partial charge in [-0.1, -0.05) is 18.3 Å². The number of allylic oxidation sites excluding steroid dienone is 1. The lowest BCUT2D eigenvalue weighted by molar-refractivity contribution is -0.888. The van der Waals surface area contributed by atoms with Gasteiger partial charge in [0.05, 0.1) is 38.4 Å². The lowest BCUT2D eigenvalue weighted by atomic mass is 9.82. The zero-order valence-electron chi connectivity index (χ0n) is 16.4. The van der Waals surface area contributed by atoms with Gasteiger partial charge in [0.2, 0.25) is 0 Å². The molecule has 2 N–H and O–H groups in total. The number of nitrogens with one attached hydrogen (secondary N) is 2. The van der Waals surface area contributed by atoms with Crippen molar-refractivity contribution in [1.29, 1.82) is 0 Å². The Morgan fingerprint density at radius 1 is 1.50 bits per heavy atom.